The number of carbonyl (C=O) groups excluding carboxylic acids is 1. The van der Waals surface area contributed by atoms with Crippen molar-refractivity contribution in [3.8, 4) is 0 Å². The molecule has 0 atom stereocenters. The molecule has 1 aromatic heterocycles. The van der Waals surface area contributed by atoms with Crippen LogP contribution in [0.15, 0.2) is 6.20 Å². The normalized spacial score (nSPS) is 10.3. The maximum Gasteiger partial charge on any atom is 0.254 e. The van der Waals surface area contributed by atoms with Crippen LogP contribution in [0.3, 0.4) is 0 Å². The van der Waals surface area contributed by atoms with Gasteiger partial charge in [-0.3, -0.25) is 9.48 Å². The van der Waals surface area contributed by atoms with Crippen molar-refractivity contribution < 1.29 is 9.53 Å². The molecule has 1 aromatic rings. The fourth-order valence-electron chi connectivity index (χ4n) is 1.24. The van der Waals surface area contributed by atoms with Crippen LogP contribution in [-0.2, 0) is 11.8 Å². The average Bonchev–Trinajstić information content (AvgIpc) is 2.55. The maximum atomic E-state index is 11.6. The highest BCUT2D eigenvalue weighted by Crippen LogP contribution is 2.04. The lowest BCUT2D eigenvalue weighted by molar-refractivity contribution is 0.0948. The van der Waals surface area contributed by atoms with Gasteiger partial charge in [0.1, 0.15) is 0 Å². The molecule has 1 rings (SSSR count). The summed E-state index contributed by atoms with van der Waals surface area (Å²) in [6.45, 7) is 3.16. The van der Waals surface area contributed by atoms with Gasteiger partial charge in [0.05, 0.1) is 11.8 Å². The summed E-state index contributed by atoms with van der Waals surface area (Å²) >= 11 is 0. The van der Waals surface area contributed by atoms with Crippen molar-refractivity contribution in [3.05, 3.63) is 17.5 Å². The number of rotatable bonds is 5. The van der Waals surface area contributed by atoms with Crippen LogP contribution < -0.4 is 5.32 Å². The minimum Gasteiger partial charge on any atom is -0.385 e. The van der Waals surface area contributed by atoms with Crippen LogP contribution in [0, 0.1) is 6.92 Å². The summed E-state index contributed by atoms with van der Waals surface area (Å²) in [5.41, 5.74) is 1.51. The zero-order valence-corrected chi connectivity index (χ0v) is 9.41. The highest BCUT2D eigenvalue weighted by Gasteiger charge is 2.11. The minimum absolute atomic E-state index is 0.0725. The number of nitrogens with one attached hydrogen (secondary N) is 1. The molecule has 0 aliphatic rings. The van der Waals surface area contributed by atoms with E-state index in [2.05, 4.69) is 10.4 Å². The summed E-state index contributed by atoms with van der Waals surface area (Å²) in [7, 11) is 3.46. The van der Waals surface area contributed by atoms with Gasteiger partial charge in [-0.25, -0.2) is 0 Å². The summed E-state index contributed by atoms with van der Waals surface area (Å²) in [6.07, 6.45) is 2.41. The molecule has 0 radical (unpaired) electrons. The van der Waals surface area contributed by atoms with Gasteiger partial charge in [0, 0.05) is 33.0 Å². The van der Waals surface area contributed by atoms with Crippen LogP contribution in [0.25, 0.3) is 0 Å². The van der Waals surface area contributed by atoms with E-state index in [1.54, 1.807) is 18.0 Å². The number of aryl methyl sites for hydroxylation is 1. The van der Waals surface area contributed by atoms with Crippen molar-refractivity contribution in [2.24, 2.45) is 7.05 Å². The van der Waals surface area contributed by atoms with Gasteiger partial charge in [0.15, 0.2) is 0 Å². The van der Waals surface area contributed by atoms with Gasteiger partial charge in [-0.1, -0.05) is 0 Å². The summed E-state index contributed by atoms with van der Waals surface area (Å²) < 4.78 is 6.57. The van der Waals surface area contributed by atoms with Gasteiger partial charge in [0.25, 0.3) is 5.91 Å². The first-order valence-corrected chi connectivity index (χ1v) is 4.92. The van der Waals surface area contributed by atoms with Gasteiger partial charge in [-0.05, 0) is 13.3 Å². The third-order valence-electron chi connectivity index (χ3n) is 2.29. The standard InChI is InChI=1S/C10H17N3O2/c1-8-9(7-12-13(8)2)10(14)11-5-4-6-15-3/h7H,4-6H2,1-3H3,(H,11,14). The number of ether oxygens (including phenoxy) is 1. The van der Waals surface area contributed by atoms with E-state index < -0.39 is 0 Å². The highest BCUT2D eigenvalue weighted by atomic mass is 16.5. The SMILES string of the molecule is COCCCNC(=O)c1cnn(C)c1C. The lowest BCUT2D eigenvalue weighted by atomic mass is 10.2. The quantitative estimate of drug-likeness (QED) is 0.721. The van der Waals surface area contributed by atoms with Crippen LogP contribution in [0.4, 0.5) is 0 Å². The Bertz CT molecular complexity index is 333. The second-order valence-electron chi connectivity index (χ2n) is 3.37. The molecule has 0 aliphatic heterocycles. The summed E-state index contributed by atoms with van der Waals surface area (Å²) in [5, 5.41) is 6.83. The van der Waals surface area contributed by atoms with Gasteiger partial charge >= 0.3 is 0 Å². The van der Waals surface area contributed by atoms with E-state index in [1.807, 2.05) is 14.0 Å². The zero-order chi connectivity index (χ0) is 11.3. The summed E-state index contributed by atoms with van der Waals surface area (Å²) in [6, 6.07) is 0. The Hall–Kier alpha value is -1.36. The van der Waals surface area contributed by atoms with E-state index in [0.29, 0.717) is 18.7 Å². The molecule has 84 valence electrons. The Morgan fingerprint density at radius 1 is 1.67 bits per heavy atom. The molecule has 5 nitrogen and oxygen atoms in total. The van der Waals surface area contributed by atoms with Crippen molar-refractivity contribution in [2.45, 2.75) is 13.3 Å². The molecule has 0 saturated heterocycles. The largest absolute Gasteiger partial charge is 0.385 e. The van der Waals surface area contributed by atoms with Crippen molar-refractivity contribution in [1.29, 1.82) is 0 Å². The van der Waals surface area contributed by atoms with Gasteiger partial charge in [-0.2, -0.15) is 5.10 Å². The monoisotopic (exact) mass is 211 g/mol. The highest BCUT2D eigenvalue weighted by molar-refractivity contribution is 5.94. The van der Waals surface area contributed by atoms with Crippen LogP contribution in [-0.4, -0.2) is 35.9 Å². The first-order chi connectivity index (χ1) is 7.16. The van der Waals surface area contributed by atoms with E-state index >= 15 is 0 Å². The number of hydrogen-bond donors (Lipinski definition) is 1. The minimum atomic E-state index is -0.0725. The van der Waals surface area contributed by atoms with Crippen molar-refractivity contribution in [3.63, 3.8) is 0 Å². The van der Waals surface area contributed by atoms with Crippen molar-refractivity contribution >= 4 is 5.91 Å². The Kier molecular flexibility index (Phi) is 4.30. The van der Waals surface area contributed by atoms with Crippen LogP contribution >= 0.6 is 0 Å². The first-order valence-electron chi connectivity index (χ1n) is 4.92. The lowest BCUT2D eigenvalue weighted by Crippen LogP contribution is -2.25. The summed E-state index contributed by atoms with van der Waals surface area (Å²) in [5.74, 6) is -0.0725. The maximum absolute atomic E-state index is 11.6. The number of amides is 1. The average molecular weight is 211 g/mol. The van der Waals surface area contributed by atoms with Gasteiger partial charge in [0.2, 0.25) is 0 Å². The topological polar surface area (TPSA) is 56.1 Å². The van der Waals surface area contributed by atoms with E-state index in [0.717, 1.165) is 12.1 Å². The van der Waals surface area contributed by atoms with E-state index in [4.69, 9.17) is 4.74 Å². The molecule has 1 N–H and O–H groups in total. The molecular weight excluding hydrogens is 194 g/mol. The second-order valence-corrected chi connectivity index (χ2v) is 3.37. The Morgan fingerprint density at radius 2 is 2.40 bits per heavy atom. The predicted octanol–water partition coefficient (Wildman–Crippen LogP) is 0.495. The van der Waals surface area contributed by atoms with Crippen molar-refractivity contribution in [2.75, 3.05) is 20.3 Å². The fraction of sp³-hybridized carbons (Fsp3) is 0.600. The molecule has 1 amide bonds. The van der Waals surface area contributed by atoms with Crippen molar-refractivity contribution in [1.82, 2.24) is 15.1 Å². The number of nitrogens with zero attached hydrogens (tertiary/aromatic N) is 2. The number of hydrogen-bond acceptors (Lipinski definition) is 3. The third kappa shape index (κ3) is 3.06. The molecule has 0 saturated carbocycles. The van der Waals surface area contributed by atoms with E-state index in [-0.39, 0.29) is 5.91 Å². The molecular formula is C10H17N3O2. The molecule has 0 aromatic carbocycles. The van der Waals surface area contributed by atoms with Crippen LogP contribution in [0.5, 0.6) is 0 Å². The summed E-state index contributed by atoms with van der Waals surface area (Å²) in [4.78, 5) is 11.6. The van der Waals surface area contributed by atoms with Crippen LogP contribution in [0.1, 0.15) is 22.5 Å². The van der Waals surface area contributed by atoms with E-state index in [1.165, 1.54) is 0 Å². The molecule has 1 heterocycles. The molecule has 15 heavy (non-hydrogen) atoms. The van der Waals surface area contributed by atoms with Gasteiger partial charge in [-0.15, -0.1) is 0 Å². The zero-order valence-electron chi connectivity index (χ0n) is 9.41. The first kappa shape index (κ1) is 11.7. The Labute approximate surface area is 89.4 Å². The number of aromatic nitrogens is 2. The second kappa shape index (κ2) is 5.50. The molecule has 0 aliphatic carbocycles. The predicted molar refractivity (Wildman–Crippen MR) is 56.8 cm³/mol. The smallest absolute Gasteiger partial charge is 0.254 e. The number of methoxy groups -OCH3 is 1. The molecule has 0 bridgehead atoms. The molecule has 0 fully saturated rings. The Morgan fingerprint density at radius 3 is 2.93 bits per heavy atom. The Balaban J connectivity index is 2.44. The van der Waals surface area contributed by atoms with E-state index in [9.17, 15) is 4.79 Å². The number of carbonyl (C=O) groups is 1. The fourth-order valence-corrected chi connectivity index (χ4v) is 1.24. The molecule has 0 unspecified atom stereocenters. The molecule has 5 heteroatoms. The van der Waals surface area contributed by atoms with Gasteiger partial charge < -0.3 is 10.1 Å². The third-order valence-corrected chi connectivity index (χ3v) is 2.29. The molecule has 0 spiro atoms. The van der Waals surface area contributed by atoms with Crippen LogP contribution in [0.2, 0.25) is 0 Å². The lowest BCUT2D eigenvalue weighted by Gasteiger charge is -2.03.